The predicted octanol–water partition coefficient (Wildman–Crippen LogP) is 6.70. The molecule has 0 aliphatic heterocycles. The summed E-state index contributed by atoms with van der Waals surface area (Å²) in [5, 5.41) is 0. The van der Waals surface area contributed by atoms with Crippen molar-refractivity contribution in [2.45, 2.75) is 27.7 Å². The lowest BCUT2D eigenvalue weighted by atomic mass is 10.0. The summed E-state index contributed by atoms with van der Waals surface area (Å²) >= 11 is 0. The highest BCUT2D eigenvalue weighted by Crippen LogP contribution is 2.37. The van der Waals surface area contributed by atoms with Gasteiger partial charge in [0.1, 0.15) is 11.5 Å². The van der Waals surface area contributed by atoms with Crippen LogP contribution in [0.2, 0.25) is 0 Å². The van der Waals surface area contributed by atoms with Crippen LogP contribution in [0, 0.1) is 11.8 Å². The number of ether oxygens (including phenoxy) is 2. The van der Waals surface area contributed by atoms with Crippen molar-refractivity contribution in [3.63, 3.8) is 0 Å². The quantitative estimate of drug-likeness (QED) is 0.192. The first-order valence-corrected chi connectivity index (χ1v) is 10.6. The fourth-order valence-corrected chi connectivity index (χ4v) is 3.12. The molecule has 2 rings (SSSR count). The van der Waals surface area contributed by atoms with Gasteiger partial charge in [-0.15, -0.1) is 0 Å². The first kappa shape index (κ1) is 24.6. The Balaban J connectivity index is 2.45. The van der Waals surface area contributed by atoms with E-state index in [1.54, 1.807) is 48.6 Å². The van der Waals surface area contributed by atoms with E-state index in [-0.39, 0.29) is 11.8 Å². The van der Waals surface area contributed by atoms with Crippen LogP contribution in [-0.2, 0) is 9.59 Å². The molecule has 0 N–H and O–H groups in total. The minimum absolute atomic E-state index is 0.0213. The SMILES string of the molecule is C=C/C=C(/C(=O)Oc1ccccc1-c1ccccc1OC(=O)/C(=C/C=C)C(C)C)C(C)C. The summed E-state index contributed by atoms with van der Waals surface area (Å²) in [6.45, 7) is 15.0. The monoisotopic (exact) mass is 430 g/mol. The smallest absolute Gasteiger partial charge is 0.339 e. The second-order valence-corrected chi connectivity index (χ2v) is 7.80. The fourth-order valence-electron chi connectivity index (χ4n) is 3.12. The first-order valence-electron chi connectivity index (χ1n) is 10.6. The molecule has 0 unspecified atom stereocenters. The fraction of sp³-hybridized carbons (Fsp3) is 0.214. The van der Waals surface area contributed by atoms with Crippen LogP contribution in [0.4, 0.5) is 0 Å². The van der Waals surface area contributed by atoms with E-state index < -0.39 is 11.9 Å². The van der Waals surface area contributed by atoms with Crippen LogP contribution >= 0.6 is 0 Å². The molecule has 0 atom stereocenters. The summed E-state index contributed by atoms with van der Waals surface area (Å²) in [7, 11) is 0. The summed E-state index contributed by atoms with van der Waals surface area (Å²) in [4.78, 5) is 25.6. The molecule has 166 valence electrons. The zero-order chi connectivity index (χ0) is 23.7. The number of hydrogen-bond acceptors (Lipinski definition) is 4. The maximum Gasteiger partial charge on any atom is 0.339 e. The zero-order valence-electron chi connectivity index (χ0n) is 19.1. The van der Waals surface area contributed by atoms with Crippen LogP contribution < -0.4 is 9.47 Å². The highest BCUT2D eigenvalue weighted by atomic mass is 16.5. The highest BCUT2D eigenvalue weighted by Gasteiger charge is 2.21. The normalized spacial score (nSPS) is 11.9. The topological polar surface area (TPSA) is 52.6 Å². The van der Waals surface area contributed by atoms with Gasteiger partial charge in [-0.25, -0.2) is 9.59 Å². The molecule has 0 saturated heterocycles. The molecule has 4 heteroatoms. The summed E-state index contributed by atoms with van der Waals surface area (Å²) < 4.78 is 11.5. The van der Waals surface area contributed by atoms with Crippen LogP contribution in [-0.4, -0.2) is 11.9 Å². The highest BCUT2D eigenvalue weighted by molar-refractivity contribution is 5.94. The van der Waals surface area contributed by atoms with Crippen LogP contribution in [0.1, 0.15) is 27.7 Å². The van der Waals surface area contributed by atoms with E-state index in [4.69, 9.17) is 9.47 Å². The molecule has 2 aromatic carbocycles. The molecule has 2 aromatic rings. The Kier molecular flexibility index (Phi) is 8.96. The summed E-state index contributed by atoms with van der Waals surface area (Å²) in [5.41, 5.74) is 2.32. The second kappa shape index (κ2) is 11.7. The Bertz CT molecular complexity index is 969. The number of para-hydroxylation sites is 2. The number of esters is 2. The Labute approximate surface area is 190 Å². The van der Waals surface area contributed by atoms with Gasteiger partial charge in [0, 0.05) is 22.3 Å². The van der Waals surface area contributed by atoms with Crippen LogP contribution in [0.5, 0.6) is 11.5 Å². The van der Waals surface area contributed by atoms with Crippen LogP contribution in [0.3, 0.4) is 0 Å². The molecule has 0 amide bonds. The zero-order valence-corrected chi connectivity index (χ0v) is 19.1. The number of allylic oxidation sites excluding steroid dienone is 4. The Morgan fingerprint density at radius 2 is 1.03 bits per heavy atom. The van der Waals surface area contributed by atoms with E-state index in [2.05, 4.69) is 13.2 Å². The van der Waals surface area contributed by atoms with Crippen molar-refractivity contribution in [3.05, 3.63) is 97.1 Å². The Morgan fingerprint density at radius 1 is 0.688 bits per heavy atom. The van der Waals surface area contributed by atoms with E-state index in [1.807, 2.05) is 52.0 Å². The van der Waals surface area contributed by atoms with Crippen molar-refractivity contribution in [1.29, 1.82) is 0 Å². The third-order valence-electron chi connectivity index (χ3n) is 4.78. The molecule has 0 aliphatic carbocycles. The summed E-state index contributed by atoms with van der Waals surface area (Å²) in [6.07, 6.45) is 6.45. The molecular weight excluding hydrogens is 400 g/mol. The van der Waals surface area contributed by atoms with E-state index >= 15 is 0 Å². The summed E-state index contributed by atoms with van der Waals surface area (Å²) in [5.74, 6) is -0.181. The van der Waals surface area contributed by atoms with Gasteiger partial charge in [0.05, 0.1) is 0 Å². The van der Waals surface area contributed by atoms with Gasteiger partial charge in [0.15, 0.2) is 0 Å². The van der Waals surface area contributed by atoms with Crippen molar-refractivity contribution < 1.29 is 19.1 Å². The molecule has 0 heterocycles. The molecule has 0 fully saturated rings. The molecule has 4 nitrogen and oxygen atoms in total. The second-order valence-electron chi connectivity index (χ2n) is 7.80. The summed E-state index contributed by atoms with van der Waals surface area (Å²) in [6, 6.07) is 14.3. The molecule has 0 saturated carbocycles. The van der Waals surface area contributed by atoms with Crippen molar-refractivity contribution in [2.75, 3.05) is 0 Å². The molecule has 0 aromatic heterocycles. The number of hydrogen-bond donors (Lipinski definition) is 0. The van der Waals surface area contributed by atoms with Gasteiger partial charge in [-0.1, -0.05) is 102 Å². The van der Waals surface area contributed by atoms with Gasteiger partial charge in [0.25, 0.3) is 0 Å². The largest absolute Gasteiger partial charge is 0.422 e. The average Bonchev–Trinajstić information content (AvgIpc) is 2.76. The third-order valence-corrected chi connectivity index (χ3v) is 4.78. The van der Waals surface area contributed by atoms with Crippen LogP contribution in [0.15, 0.2) is 97.1 Å². The van der Waals surface area contributed by atoms with E-state index in [9.17, 15) is 9.59 Å². The maximum atomic E-state index is 12.8. The molecule has 0 bridgehead atoms. The van der Waals surface area contributed by atoms with Gasteiger partial charge in [-0.05, 0) is 24.0 Å². The van der Waals surface area contributed by atoms with Gasteiger partial charge >= 0.3 is 11.9 Å². The maximum absolute atomic E-state index is 12.8. The van der Waals surface area contributed by atoms with Gasteiger partial charge in [-0.2, -0.15) is 0 Å². The lowest BCUT2D eigenvalue weighted by Crippen LogP contribution is -2.16. The Morgan fingerprint density at radius 3 is 1.34 bits per heavy atom. The molecule has 0 radical (unpaired) electrons. The van der Waals surface area contributed by atoms with Crippen LogP contribution in [0.25, 0.3) is 11.1 Å². The molecule has 0 spiro atoms. The average molecular weight is 431 g/mol. The third kappa shape index (κ3) is 6.17. The molecule has 32 heavy (non-hydrogen) atoms. The minimum atomic E-state index is -0.446. The van der Waals surface area contributed by atoms with Gasteiger partial charge < -0.3 is 9.47 Å². The van der Waals surface area contributed by atoms with Gasteiger partial charge in [-0.3, -0.25) is 0 Å². The van der Waals surface area contributed by atoms with Crippen molar-refractivity contribution >= 4 is 11.9 Å². The number of rotatable bonds is 9. The lowest BCUT2D eigenvalue weighted by Gasteiger charge is -2.16. The Hall–Kier alpha value is -3.66. The first-order chi connectivity index (χ1) is 15.3. The van der Waals surface area contributed by atoms with Gasteiger partial charge in [0.2, 0.25) is 0 Å². The van der Waals surface area contributed by atoms with E-state index in [0.29, 0.717) is 33.8 Å². The van der Waals surface area contributed by atoms with Crippen molar-refractivity contribution in [3.8, 4) is 22.6 Å². The minimum Gasteiger partial charge on any atom is -0.422 e. The standard InChI is InChI=1S/C28H30O4/c1-7-13-21(19(3)4)27(29)31-25-17-11-9-15-23(25)24-16-10-12-18-26(24)32-28(30)22(14-8-2)20(5)6/h7-20H,1-2H2,3-6H3/b21-13+,22-14+. The molecular formula is C28H30O4. The van der Waals surface area contributed by atoms with Crippen molar-refractivity contribution in [1.82, 2.24) is 0 Å². The van der Waals surface area contributed by atoms with E-state index in [1.165, 1.54) is 0 Å². The number of carbonyl (C=O) groups excluding carboxylic acids is 2. The number of benzene rings is 2. The van der Waals surface area contributed by atoms with E-state index in [0.717, 1.165) is 0 Å². The predicted molar refractivity (Wildman–Crippen MR) is 129 cm³/mol. The molecule has 0 aliphatic rings. The number of carbonyl (C=O) groups is 2. The van der Waals surface area contributed by atoms with Crippen molar-refractivity contribution in [2.24, 2.45) is 11.8 Å². The lowest BCUT2D eigenvalue weighted by molar-refractivity contribution is -0.131.